The summed E-state index contributed by atoms with van der Waals surface area (Å²) in [5, 5.41) is 9.47. The summed E-state index contributed by atoms with van der Waals surface area (Å²) in [5.41, 5.74) is 7.19. The maximum Gasteiger partial charge on any atom is 0.311 e. The van der Waals surface area contributed by atoms with Gasteiger partial charge in [0.05, 0.1) is 18.1 Å². The molecule has 0 saturated heterocycles. The molecule has 4 nitrogen and oxygen atoms in total. The van der Waals surface area contributed by atoms with Gasteiger partial charge in [-0.2, -0.15) is 0 Å². The molecule has 2 atom stereocenters. The molecule has 0 saturated carbocycles. The SMILES string of the molecule is CCC(CN)(CC1OCCc2ccccc21)C(=O)O. The van der Waals surface area contributed by atoms with Crippen molar-refractivity contribution >= 4 is 5.97 Å². The number of aliphatic carboxylic acids is 1. The van der Waals surface area contributed by atoms with Crippen LogP contribution in [0.15, 0.2) is 24.3 Å². The third-order valence-electron chi connectivity index (χ3n) is 4.19. The van der Waals surface area contributed by atoms with E-state index in [1.54, 1.807) is 0 Å². The summed E-state index contributed by atoms with van der Waals surface area (Å²) in [4.78, 5) is 11.5. The maximum atomic E-state index is 11.5. The molecule has 0 aromatic heterocycles. The van der Waals surface area contributed by atoms with Gasteiger partial charge in [0.25, 0.3) is 0 Å². The molecule has 0 radical (unpaired) electrons. The first-order chi connectivity index (χ1) is 9.13. The van der Waals surface area contributed by atoms with Crippen LogP contribution >= 0.6 is 0 Å². The van der Waals surface area contributed by atoms with Crippen LogP contribution < -0.4 is 5.73 Å². The zero-order chi connectivity index (χ0) is 13.9. The van der Waals surface area contributed by atoms with Crippen LogP contribution in [0.1, 0.15) is 37.0 Å². The first-order valence-corrected chi connectivity index (χ1v) is 6.76. The average molecular weight is 263 g/mol. The fraction of sp³-hybridized carbons (Fsp3) is 0.533. The van der Waals surface area contributed by atoms with Gasteiger partial charge in [-0.15, -0.1) is 0 Å². The normalized spacial score (nSPS) is 21.5. The van der Waals surface area contributed by atoms with Gasteiger partial charge in [-0.3, -0.25) is 4.79 Å². The summed E-state index contributed by atoms with van der Waals surface area (Å²) in [7, 11) is 0. The predicted octanol–water partition coefficient (Wildman–Crippen LogP) is 2.13. The van der Waals surface area contributed by atoms with Gasteiger partial charge >= 0.3 is 5.97 Å². The zero-order valence-electron chi connectivity index (χ0n) is 11.3. The summed E-state index contributed by atoms with van der Waals surface area (Å²) in [6, 6.07) is 8.09. The number of nitrogens with two attached hydrogens (primary N) is 1. The van der Waals surface area contributed by atoms with E-state index < -0.39 is 11.4 Å². The van der Waals surface area contributed by atoms with Gasteiger partial charge in [0.1, 0.15) is 0 Å². The second-order valence-corrected chi connectivity index (χ2v) is 5.16. The maximum absolute atomic E-state index is 11.5. The lowest BCUT2D eigenvalue weighted by Gasteiger charge is -2.34. The molecule has 1 heterocycles. The standard InChI is InChI=1S/C15H21NO3/c1-2-15(10-16,14(17)18)9-13-12-6-4-3-5-11(12)7-8-19-13/h3-6,13H,2,7-10,16H2,1H3,(H,17,18). The predicted molar refractivity (Wildman–Crippen MR) is 72.9 cm³/mol. The topological polar surface area (TPSA) is 72.5 Å². The van der Waals surface area contributed by atoms with Gasteiger partial charge < -0.3 is 15.6 Å². The summed E-state index contributed by atoms with van der Waals surface area (Å²) < 4.78 is 5.79. The van der Waals surface area contributed by atoms with Crippen molar-refractivity contribution in [2.75, 3.05) is 13.2 Å². The van der Waals surface area contributed by atoms with Gasteiger partial charge in [-0.05, 0) is 30.4 Å². The first kappa shape index (κ1) is 14.0. The Bertz CT molecular complexity index is 454. The molecular formula is C15H21NO3. The van der Waals surface area contributed by atoms with Crippen LogP contribution in [-0.2, 0) is 16.0 Å². The lowest BCUT2D eigenvalue weighted by Crippen LogP contribution is -2.40. The Kier molecular flexibility index (Phi) is 4.22. The Balaban J connectivity index is 2.26. The highest BCUT2D eigenvalue weighted by molar-refractivity contribution is 5.75. The van der Waals surface area contributed by atoms with Crippen LogP contribution in [0.5, 0.6) is 0 Å². The van der Waals surface area contributed by atoms with Crippen molar-refractivity contribution in [3.05, 3.63) is 35.4 Å². The minimum absolute atomic E-state index is 0.140. The third kappa shape index (κ3) is 2.65. The first-order valence-electron chi connectivity index (χ1n) is 6.76. The minimum atomic E-state index is -0.894. The van der Waals surface area contributed by atoms with E-state index in [1.165, 1.54) is 5.56 Å². The molecule has 1 aromatic carbocycles. The molecule has 3 N–H and O–H groups in total. The van der Waals surface area contributed by atoms with Gasteiger partial charge in [0.2, 0.25) is 0 Å². The summed E-state index contributed by atoms with van der Waals surface area (Å²) in [6.45, 7) is 2.65. The van der Waals surface area contributed by atoms with Crippen LogP contribution in [0.25, 0.3) is 0 Å². The van der Waals surface area contributed by atoms with E-state index in [0.29, 0.717) is 19.4 Å². The number of carbonyl (C=O) groups is 1. The molecule has 4 heteroatoms. The Morgan fingerprint density at radius 3 is 2.89 bits per heavy atom. The number of benzene rings is 1. The fourth-order valence-electron chi connectivity index (χ4n) is 2.70. The van der Waals surface area contributed by atoms with Gasteiger partial charge in [0.15, 0.2) is 0 Å². The molecule has 2 rings (SSSR count). The van der Waals surface area contributed by atoms with E-state index in [9.17, 15) is 9.90 Å². The third-order valence-corrected chi connectivity index (χ3v) is 4.19. The molecule has 1 aliphatic rings. The highest BCUT2D eigenvalue weighted by atomic mass is 16.5. The van der Waals surface area contributed by atoms with E-state index in [2.05, 4.69) is 6.07 Å². The highest BCUT2D eigenvalue weighted by Crippen LogP contribution is 2.38. The average Bonchev–Trinajstić information content (AvgIpc) is 2.44. The second kappa shape index (κ2) is 5.72. The molecule has 19 heavy (non-hydrogen) atoms. The van der Waals surface area contributed by atoms with Gasteiger partial charge in [0, 0.05) is 6.54 Å². The number of hydrogen-bond acceptors (Lipinski definition) is 3. The quantitative estimate of drug-likeness (QED) is 0.853. The molecule has 2 unspecified atom stereocenters. The Morgan fingerprint density at radius 2 is 2.26 bits per heavy atom. The van der Waals surface area contributed by atoms with E-state index in [4.69, 9.17) is 10.5 Å². The van der Waals surface area contributed by atoms with Crippen molar-refractivity contribution < 1.29 is 14.6 Å². The van der Waals surface area contributed by atoms with Crippen molar-refractivity contribution in [3.63, 3.8) is 0 Å². The monoisotopic (exact) mass is 263 g/mol. The van der Waals surface area contributed by atoms with Crippen LogP contribution in [0.3, 0.4) is 0 Å². The van der Waals surface area contributed by atoms with Gasteiger partial charge in [-0.25, -0.2) is 0 Å². The number of carboxylic acids is 1. The summed E-state index contributed by atoms with van der Waals surface area (Å²) >= 11 is 0. The van der Waals surface area contributed by atoms with E-state index in [-0.39, 0.29) is 12.6 Å². The fourth-order valence-corrected chi connectivity index (χ4v) is 2.70. The largest absolute Gasteiger partial charge is 0.481 e. The molecule has 0 aliphatic carbocycles. The second-order valence-electron chi connectivity index (χ2n) is 5.16. The van der Waals surface area contributed by atoms with Crippen LogP contribution in [0.2, 0.25) is 0 Å². The molecule has 1 aromatic rings. The molecule has 0 spiro atoms. The molecule has 1 aliphatic heterocycles. The van der Waals surface area contributed by atoms with Crippen molar-refractivity contribution in [2.24, 2.45) is 11.1 Å². The lowest BCUT2D eigenvalue weighted by atomic mass is 9.77. The Morgan fingerprint density at radius 1 is 1.53 bits per heavy atom. The van der Waals surface area contributed by atoms with Crippen molar-refractivity contribution in [1.29, 1.82) is 0 Å². The number of carboxylic acid groups (broad SMARTS) is 1. The number of ether oxygens (including phenoxy) is 1. The van der Waals surface area contributed by atoms with Crippen molar-refractivity contribution in [1.82, 2.24) is 0 Å². The minimum Gasteiger partial charge on any atom is -0.481 e. The molecule has 104 valence electrons. The van der Waals surface area contributed by atoms with Crippen molar-refractivity contribution in [3.8, 4) is 0 Å². The lowest BCUT2D eigenvalue weighted by molar-refractivity contribution is -0.151. The Hall–Kier alpha value is -1.39. The number of rotatable bonds is 5. The van der Waals surface area contributed by atoms with Crippen LogP contribution in [0, 0.1) is 5.41 Å². The van der Waals surface area contributed by atoms with Gasteiger partial charge in [-0.1, -0.05) is 31.2 Å². The van der Waals surface area contributed by atoms with Crippen LogP contribution in [0.4, 0.5) is 0 Å². The van der Waals surface area contributed by atoms with Crippen LogP contribution in [-0.4, -0.2) is 24.2 Å². The molecule has 0 bridgehead atoms. The number of hydrogen-bond donors (Lipinski definition) is 2. The zero-order valence-corrected chi connectivity index (χ0v) is 11.3. The highest BCUT2D eigenvalue weighted by Gasteiger charge is 2.39. The van der Waals surface area contributed by atoms with E-state index >= 15 is 0 Å². The molecule has 0 amide bonds. The summed E-state index contributed by atoms with van der Waals surface area (Å²) in [6.07, 6.45) is 1.68. The molecule has 0 fully saturated rings. The smallest absolute Gasteiger partial charge is 0.311 e. The Labute approximate surface area is 113 Å². The molecular weight excluding hydrogens is 242 g/mol. The van der Waals surface area contributed by atoms with E-state index in [0.717, 1.165) is 12.0 Å². The summed E-state index contributed by atoms with van der Waals surface area (Å²) in [5.74, 6) is -0.829. The number of fused-ring (bicyclic) bond motifs is 1. The van der Waals surface area contributed by atoms with Crippen molar-refractivity contribution in [2.45, 2.75) is 32.3 Å². The van der Waals surface area contributed by atoms with E-state index in [1.807, 2.05) is 25.1 Å².